The molecule has 2 atom stereocenters. The molecule has 7 nitrogen and oxygen atoms in total. The number of aryl methyl sites for hydroxylation is 1. The fourth-order valence-electron chi connectivity index (χ4n) is 4.48. The standard InChI is InChI=1S/C29H31N3O4S/c30-28(31)23-10-8-21(9-11-23)22-12-14-25(15-13-22)36-18-24-17-26(37-19-27(33)34)29(35)32(24)16-4-7-20-5-2-1-3-6-20/h1-3,5-6,8-15,24,26H,4,7,16-19H2,(H3,30,31)(H,33,34)/t24-,26+/m0/s1. The predicted octanol–water partition coefficient (Wildman–Crippen LogP) is 4.44. The molecule has 37 heavy (non-hydrogen) atoms. The number of carboxylic acids is 1. The number of hydrogen-bond acceptors (Lipinski definition) is 5. The van der Waals surface area contributed by atoms with Crippen LogP contribution in [0.25, 0.3) is 11.1 Å². The van der Waals surface area contributed by atoms with Gasteiger partial charge in [0, 0.05) is 12.1 Å². The number of nitrogens with two attached hydrogens (primary N) is 1. The lowest BCUT2D eigenvalue weighted by Crippen LogP contribution is -2.38. The van der Waals surface area contributed by atoms with Gasteiger partial charge in [0.15, 0.2) is 0 Å². The zero-order chi connectivity index (χ0) is 26.2. The zero-order valence-corrected chi connectivity index (χ0v) is 21.3. The highest BCUT2D eigenvalue weighted by Crippen LogP contribution is 2.30. The zero-order valence-electron chi connectivity index (χ0n) is 20.5. The van der Waals surface area contributed by atoms with Crippen molar-refractivity contribution < 1.29 is 19.4 Å². The number of carbonyl (C=O) groups is 2. The summed E-state index contributed by atoms with van der Waals surface area (Å²) in [4.78, 5) is 26.0. The van der Waals surface area contributed by atoms with Crippen molar-refractivity contribution in [2.45, 2.75) is 30.6 Å². The van der Waals surface area contributed by atoms with E-state index < -0.39 is 5.97 Å². The van der Waals surface area contributed by atoms with E-state index in [1.54, 1.807) is 0 Å². The first-order valence-corrected chi connectivity index (χ1v) is 13.3. The van der Waals surface area contributed by atoms with Crippen LogP contribution >= 0.6 is 11.8 Å². The highest BCUT2D eigenvalue weighted by molar-refractivity contribution is 8.01. The van der Waals surface area contributed by atoms with Gasteiger partial charge in [0.2, 0.25) is 5.91 Å². The lowest BCUT2D eigenvalue weighted by atomic mass is 10.0. The first-order chi connectivity index (χ1) is 17.9. The number of ether oxygens (including phenoxy) is 1. The van der Waals surface area contributed by atoms with Gasteiger partial charge < -0.3 is 20.5 Å². The molecule has 1 amide bonds. The summed E-state index contributed by atoms with van der Waals surface area (Å²) in [6.07, 6.45) is 2.28. The molecule has 3 aromatic carbocycles. The molecule has 3 aromatic rings. The first kappa shape index (κ1) is 26.3. The van der Waals surface area contributed by atoms with Crippen LogP contribution in [0.3, 0.4) is 0 Å². The van der Waals surface area contributed by atoms with Crippen molar-refractivity contribution in [3.8, 4) is 16.9 Å². The molecule has 1 saturated heterocycles. The van der Waals surface area contributed by atoms with Crippen LogP contribution in [0.1, 0.15) is 24.0 Å². The third-order valence-electron chi connectivity index (χ3n) is 6.43. The Morgan fingerprint density at radius 3 is 2.30 bits per heavy atom. The molecule has 0 spiro atoms. The predicted molar refractivity (Wildman–Crippen MR) is 147 cm³/mol. The summed E-state index contributed by atoms with van der Waals surface area (Å²) in [6.45, 7) is 0.967. The molecule has 8 heteroatoms. The van der Waals surface area contributed by atoms with Crippen molar-refractivity contribution in [2.75, 3.05) is 18.9 Å². The maximum Gasteiger partial charge on any atom is 0.313 e. The van der Waals surface area contributed by atoms with Gasteiger partial charge >= 0.3 is 5.97 Å². The number of aliphatic carboxylic acids is 1. The van der Waals surface area contributed by atoms with E-state index in [0.717, 1.165) is 24.0 Å². The number of nitrogens with zero attached hydrogens (tertiary/aromatic N) is 1. The van der Waals surface area contributed by atoms with Crippen molar-refractivity contribution >= 4 is 29.5 Å². The maximum atomic E-state index is 13.1. The topological polar surface area (TPSA) is 117 Å². The van der Waals surface area contributed by atoms with E-state index in [4.69, 9.17) is 21.0 Å². The summed E-state index contributed by atoms with van der Waals surface area (Å²) < 4.78 is 6.08. The Labute approximate surface area is 221 Å². The van der Waals surface area contributed by atoms with Gasteiger partial charge in [-0.2, -0.15) is 0 Å². The van der Waals surface area contributed by atoms with Crippen LogP contribution in [0, 0.1) is 5.41 Å². The van der Waals surface area contributed by atoms with E-state index in [2.05, 4.69) is 12.1 Å². The van der Waals surface area contributed by atoms with Gasteiger partial charge in [-0.25, -0.2) is 0 Å². The fraction of sp³-hybridized carbons (Fsp3) is 0.276. The molecular weight excluding hydrogens is 486 g/mol. The van der Waals surface area contributed by atoms with E-state index in [1.165, 1.54) is 17.3 Å². The third kappa shape index (κ3) is 7.13. The number of likely N-dealkylation sites (tertiary alicyclic amines) is 1. The summed E-state index contributed by atoms with van der Waals surface area (Å²) in [5.41, 5.74) is 9.48. The Balaban J connectivity index is 1.37. The van der Waals surface area contributed by atoms with Crippen LogP contribution in [-0.2, 0) is 16.0 Å². The molecule has 0 saturated carbocycles. The minimum atomic E-state index is -0.913. The first-order valence-electron chi connectivity index (χ1n) is 12.3. The van der Waals surface area contributed by atoms with Crippen LogP contribution in [-0.4, -0.2) is 57.9 Å². The number of rotatable bonds is 12. The highest BCUT2D eigenvalue weighted by atomic mass is 32.2. The van der Waals surface area contributed by atoms with E-state index in [0.29, 0.717) is 30.9 Å². The van der Waals surface area contributed by atoms with Crippen LogP contribution < -0.4 is 10.5 Å². The Bertz CT molecular complexity index is 1220. The molecule has 0 aromatic heterocycles. The number of amidine groups is 1. The quantitative estimate of drug-likeness (QED) is 0.242. The Hall–Kier alpha value is -3.78. The molecule has 0 unspecified atom stereocenters. The molecular formula is C29H31N3O4S. The largest absolute Gasteiger partial charge is 0.491 e. The second-order valence-electron chi connectivity index (χ2n) is 9.03. The number of benzene rings is 3. The van der Waals surface area contributed by atoms with Crippen molar-refractivity contribution in [3.05, 3.63) is 90.0 Å². The van der Waals surface area contributed by atoms with Crippen molar-refractivity contribution in [1.82, 2.24) is 4.90 Å². The third-order valence-corrected chi connectivity index (χ3v) is 7.64. The molecule has 0 radical (unpaired) electrons. The van der Waals surface area contributed by atoms with Gasteiger partial charge in [-0.3, -0.25) is 15.0 Å². The van der Waals surface area contributed by atoms with E-state index in [-0.39, 0.29) is 28.8 Å². The SMILES string of the molecule is N=C(N)c1ccc(-c2ccc(OC[C@@H]3C[C@@H](SCC(=O)O)C(=O)N3CCCc3ccccc3)cc2)cc1. The molecule has 1 fully saturated rings. The number of hydrogen-bond donors (Lipinski definition) is 3. The lowest BCUT2D eigenvalue weighted by Gasteiger charge is -2.25. The van der Waals surface area contributed by atoms with Gasteiger partial charge in [0.05, 0.1) is 17.0 Å². The number of carbonyl (C=O) groups excluding carboxylic acids is 1. The van der Waals surface area contributed by atoms with Gasteiger partial charge in [-0.1, -0.05) is 66.7 Å². The van der Waals surface area contributed by atoms with Gasteiger partial charge in [0.1, 0.15) is 18.2 Å². The number of amides is 1. The molecule has 0 aliphatic carbocycles. The van der Waals surface area contributed by atoms with E-state index in [1.807, 2.05) is 71.6 Å². The minimum absolute atomic E-state index is 0.00253. The van der Waals surface area contributed by atoms with Gasteiger partial charge in [0.25, 0.3) is 0 Å². The number of thioether (sulfide) groups is 1. The summed E-state index contributed by atoms with van der Waals surface area (Å²) in [7, 11) is 0. The van der Waals surface area contributed by atoms with Crippen molar-refractivity contribution in [3.63, 3.8) is 0 Å². The summed E-state index contributed by atoms with van der Waals surface area (Å²) in [5, 5.41) is 16.2. The summed E-state index contributed by atoms with van der Waals surface area (Å²) >= 11 is 1.19. The number of nitrogens with one attached hydrogen (secondary N) is 1. The normalized spacial score (nSPS) is 17.1. The van der Waals surface area contributed by atoms with Crippen LogP contribution in [0.2, 0.25) is 0 Å². The summed E-state index contributed by atoms with van der Waals surface area (Å²) in [6, 6.07) is 25.3. The smallest absolute Gasteiger partial charge is 0.313 e. The van der Waals surface area contributed by atoms with Crippen LogP contribution in [0.4, 0.5) is 0 Å². The Morgan fingerprint density at radius 1 is 1.03 bits per heavy atom. The van der Waals surface area contributed by atoms with Crippen LogP contribution in [0.15, 0.2) is 78.9 Å². The second-order valence-corrected chi connectivity index (χ2v) is 10.2. The summed E-state index contributed by atoms with van der Waals surface area (Å²) in [5.74, 6) is -0.251. The van der Waals surface area contributed by atoms with Gasteiger partial charge in [-0.05, 0) is 48.1 Å². The average Bonchev–Trinajstić information content (AvgIpc) is 3.21. The molecule has 192 valence electrons. The van der Waals surface area contributed by atoms with Crippen LogP contribution in [0.5, 0.6) is 5.75 Å². The molecule has 1 heterocycles. The Morgan fingerprint density at radius 2 is 1.68 bits per heavy atom. The molecule has 4 N–H and O–H groups in total. The molecule has 1 aliphatic rings. The maximum absolute atomic E-state index is 13.1. The average molecular weight is 518 g/mol. The second kappa shape index (κ2) is 12.5. The lowest BCUT2D eigenvalue weighted by molar-refractivity contribution is -0.133. The monoisotopic (exact) mass is 517 g/mol. The van der Waals surface area contributed by atoms with Crippen molar-refractivity contribution in [2.24, 2.45) is 5.73 Å². The van der Waals surface area contributed by atoms with Crippen molar-refractivity contribution in [1.29, 1.82) is 5.41 Å². The highest BCUT2D eigenvalue weighted by Gasteiger charge is 2.40. The number of carboxylic acid groups (broad SMARTS) is 1. The molecule has 4 rings (SSSR count). The minimum Gasteiger partial charge on any atom is -0.491 e. The van der Waals surface area contributed by atoms with E-state index in [9.17, 15) is 9.59 Å². The van der Waals surface area contributed by atoms with E-state index >= 15 is 0 Å². The number of nitrogen functional groups attached to an aromatic ring is 1. The Kier molecular flexibility index (Phi) is 8.85. The molecule has 1 aliphatic heterocycles. The van der Waals surface area contributed by atoms with Gasteiger partial charge in [-0.15, -0.1) is 11.8 Å². The fourth-order valence-corrected chi connectivity index (χ4v) is 5.46. The molecule has 0 bridgehead atoms.